The highest BCUT2D eigenvalue weighted by atomic mass is 19.4. The average Bonchev–Trinajstić information content (AvgIpc) is 3.68. The molecule has 6 rings (SSSR count). The van der Waals surface area contributed by atoms with E-state index in [0.29, 0.717) is 36.5 Å². The Morgan fingerprint density at radius 1 is 1.08 bits per heavy atom. The quantitative estimate of drug-likeness (QED) is 0.291. The van der Waals surface area contributed by atoms with Crippen molar-refractivity contribution in [1.82, 2.24) is 40.0 Å². The van der Waals surface area contributed by atoms with Crippen molar-refractivity contribution in [3.05, 3.63) is 41.7 Å². The van der Waals surface area contributed by atoms with Gasteiger partial charge in [0.25, 0.3) is 11.7 Å². The Balaban J connectivity index is 0.000000494. The van der Waals surface area contributed by atoms with Gasteiger partial charge in [0, 0.05) is 57.3 Å². The number of aryl methyl sites for hydroxylation is 1. The van der Waals surface area contributed by atoms with Gasteiger partial charge in [0.2, 0.25) is 17.8 Å². The molecule has 0 bridgehead atoms. The van der Waals surface area contributed by atoms with Gasteiger partial charge in [0.05, 0.1) is 35.7 Å². The summed E-state index contributed by atoms with van der Waals surface area (Å²) in [5.41, 5.74) is 0.985. The van der Waals surface area contributed by atoms with E-state index in [0.717, 1.165) is 6.42 Å². The Morgan fingerprint density at radius 2 is 1.77 bits per heavy atom. The molecule has 2 amide bonds. The Labute approximate surface area is 272 Å². The predicted molar refractivity (Wildman–Crippen MR) is 158 cm³/mol. The molecule has 2 N–H and O–H groups in total. The van der Waals surface area contributed by atoms with Gasteiger partial charge >= 0.3 is 6.18 Å². The van der Waals surface area contributed by atoms with Crippen LogP contribution in [-0.2, 0) is 17.8 Å². The first-order valence-corrected chi connectivity index (χ1v) is 16.3. The lowest BCUT2D eigenvalue weighted by atomic mass is 9.81. The summed E-state index contributed by atoms with van der Waals surface area (Å²) in [6.07, 6.45) is 1.94. The van der Waals surface area contributed by atoms with Gasteiger partial charge in [-0.2, -0.15) is 23.4 Å². The van der Waals surface area contributed by atoms with Crippen LogP contribution in [0.5, 0.6) is 0 Å². The zero-order chi connectivity index (χ0) is 34.7. The molecule has 3 aromatic rings. The summed E-state index contributed by atoms with van der Waals surface area (Å²) in [6, 6.07) is 0.849. The minimum absolute atomic E-state index is 0.0479. The number of halogens is 7. The molecule has 3 fully saturated rings. The topological polar surface area (TPSA) is 119 Å². The second kappa shape index (κ2) is 14.4. The fraction of sp³-hybridized carbons (Fsp3) is 0.677. The number of piperidine rings is 1. The van der Waals surface area contributed by atoms with Crippen LogP contribution in [0.4, 0.5) is 30.7 Å². The third-order valence-corrected chi connectivity index (χ3v) is 9.31. The first-order chi connectivity index (χ1) is 22.6. The summed E-state index contributed by atoms with van der Waals surface area (Å²) in [4.78, 5) is 34.1. The molecule has 3 atom stereocenters. The normalized spacial score (nSPS) is 23.5. The molecule has 10 nitrogen and oxygen atoms in total. The van der Waals surface area contributed by atoms with Gasteiger partial charge in [0.1, 0.15) is 5.69 Å². The van der Waals surface area contributed by atoms with Crippen LogP contribution in [0, 0.1) is 17.8 Å². The molecule has 0 radical (unpaired) electrons. The van der Waals surface area contributed by atoms with Crippen molar-refractivity contribution in [2.24, 2.45) is 17.8 Å². The van der Waals surface area contributed by atoms with Gasteiger partial charge in [-0.1, -0.05) is 6.42 Å². The van der Waals surface area contributed by atoms with E-state index in [4.69, 9.17) is 0 Å². The number of carbonyl (C=O) groups is 2. The van der Waals surface area contributed by atoms with Crippen LogP contribution >= 0.6 is 0 Å². The molecule has 2 aliphatic carbocycles. The maximum atomic E-state index is 13.9. The first-order valence-electron chi connectivity index (χ1n) is 16.3. The first kappa shape index (κ1) is 35.5. The van der Waals surface area contributed by atoms with Gasteiger partial charge in [-0.3, -0.25) is 14.3 Å². The summed E-state index contributed by atoms with van der Waals surface area (Å²) >= 11 is 0. The molecule has 4 heterocycles. The predicted octanol–water partition coefficient (Wildman–Crippen LogP) is 6.08. The van der Waals surface area contributed by atoms with Gasteiger partial charge in [-0.15, -0.1) is 0 Å². The zero-order valence-corrected chi connectivity index (χ0v) is 26.5. The molecular formula is C31H39F7N8O2. The molecule has 3 aliphatic rings. The van der Waals surface area contributed by atoms with Gasteiger partial charge in [0.15, 0.2) is 0 Å². The standard InChI is InChI=1S/C25H29F5N8O2.C6H10F2/c1-2-37-19(5-8-33-37)22(40)35-20(14-3-6-24(26,27)7-4-14)18-13-38-23(34-18)32-12-17(36-38)10-15-9-16(25(28,29)30)11-31-21(15)39;7-6(8)4-2-1-3-5-6/h5,8,12-16,20H,2-4,6-7,9-11H2,1H3,(H,31,39)(H,35,40);1-5H2. The highest BCUT2D eigenvalue weighted by molar-refractivity contribution is 5.92. The van der Waals surface area contributed by atoms with E-state index in [1.54, 1.807) is 6.07 Å². The SMILES string of the molecule is CCn1nccc1C(=O)NC(c1cn2nc(CC3CC(C(F)(F)F)CNC3=O)cnc2n1)C1CCC(F)(F)CC1.FC1(F)CCCCC1. The number of alkyl halides is 7. The van der Waals surface area contributed by atoms with Crippen molar-refractivity contribution in [2.75, 3.05) is 6.54 Å². The van der Waals surface area contributed by atoms with Crippen molar-refractivity contribution in [2.45, 2.75) is 108 Å². The van der Waals surface area contributed by atoms with Crippen LogP contribution in [0.2, 0.25) is 0 Å². The Hall–Kier alpha value is -3.79. The fourth-order valence-corrected chi connectivity index (χ4v) is 6.55. The van der Waals surface area contributed by atoms with Crippen LogP contribution < -0.4 is 10.6 Å². The second-order valence-electron chi connectivity index (χ2n) is 12.9. The maximum Gasteiger partial charge on any atom is 0.393 e. The van der Waals surface area contributed by atoms with Crippen molar-refractivity contribution in [3.63, 3.8) is 0 Å². The lowest BCUT2D eigenvalue weighted by Crippen LogP contribution is -2.47. The van der Waals surface area contributed by atoms with Crippen LogP contribution in [0.25, 0.3) is 5.78 Å². The number of amides is 2. The largest absolute Gasteiger partial charge is 0.393 e. The van der Waals surface area contributed by atoms with Crippen LogP contribution in [0.1, 0.15) is 99.1 Å². The Kier molecular flexibility index (Phi) is 10.6. The van der Waals surface area contributed by atoms with E-state index in [1.807, 2.05) is 6.92 Å². The maximum absolute atomic E-state index is 13.9. The summed E-state index contributed by atoms with van der Waals surface area (Å²) in [5.74, 6) is -8.70. The summed E-state index contributed by atoms with van der Waals surface area (Å²) < 4.78 is 94.8. The van der Waals surface area contributed by atoms with Crippen LogP contribution in [0.3, 0.4) is 0 Å². The van der Waals surface area contributed by atoms with Crippen LogP contribution in [0.15, 0.2) is 24.7 Å². The summed E-state index contributed by atoms with van der Waals surface area (Å²) in [6.45, 7) is 1.85. The summed E-state index contributed by atoms with van der Waals surface area (Å²) in [7, 11) is 0. The van der Waals surface area contributed by atoms with Gasteiger partial charge < -0.3 is 10.6 Å². The van der Waals surface area contributed by atoms with Crippen molar-refractivity contribution in [3.8, 4) is 0 Å². The third kappa shape index (κ3) is 8.81. The number of imidazole rings is 1. The molecule has 17 heteroatoms. The average molecular weight is 689 g/mol. The molecule has 3 aromatic heterocycles. The minimum atomic E-state index is -4.42. The van der Waals surface area contributed by atoms with E-state index >= 15 is 0 Å². The zero-order valence-electron chi connectivity index (χ0n) is 26.5. The van der Waals surface area contributed by atoms with E-state index in [9.17, 15) is 40.3 Å². The second-order valence-corrected chi connectivity index (χ2v) is 12.9. The van der Waals surface area contributed by atoms with E-state index in [-0.39, 0.29) is 63.1 Å². The number of hydrogen-bond donors (Lipinski definition) is 2. The third-order valence-electron chi connectivity index (χ3n) is 9.31. The number of hydrogen-bond acceptors (Lipinski definition) is 6. The lowest BCUT2D eigenvalue weighted by Gasteiger charge is -2.33. The van der Waals surface area contributed by atoms with Crippen molar-refractivity contribution >= 4 is 17.6 Å². The fourth-order valence-electron chi connectivity index (χ4n) is 6.55. The molecule has 264 valence electrons. The monoisotopic (exact) mass is 688 g/mol. The number of fused-ring (bicyclic) bond motifs is 1. The van der Waals surface area contributed by atoms with Crippen molar-refractivity contribution in [1.29, 1.82) is 0 Å². The smallest absolute Gasteiger partial charge is 0.355 e. The van der Waals surface area contributed by atoms with E-state index in [2.05, 4.69) is 30.8 Å². The number of aromatic nitrogens is 6. The van der Waals surface area contributed by atoms with E-state index < -0.39 is 54.3 Å². The molecular weight excluding hydrogens is 649 g/mol. The number of carbonyl (C=O) groups excluding carboxylic acids is 2. The number of rotatable bonds is 7. The molecule has 0 spiro atoms. The van der Waals surface area contributed by atoms with Gasteiger partial charge in [-0.25, -0.2) is 32.0 Å². The Morgan fingerprint density at radius 3 is 2.40 bits per heavy atom. The summed E-state index contributed by atoms with van der Waals surface area (Å²) in [5, 5.41) is 13.8. The number of nitrogens with zero attached hydrogens (tertiary/aromatic N) is 6. The minimum Gasteiger partial charge on any atom is -0.355 e. The molecule has 3 unspecified atom stereocenters. The molecule has 2 saturated carbocycles. The molecule has 1 saturated heterocycles. The van der Waals surface area contributed by atoms with Crippen LogP contribution in [-0.4, -0.2) is 65.7 Å². The van der Waals surface area contributed by atoms with Crippen molar-refractivity contribution < 1.29 is 40.3 Å². The number of nitrogens with one attached hydrogen (secondary N) is 2. The lowest BCUT2D eigenvalue weighted by molar-refractivity contribution is -0.183. The highest BCUT2D eigenvalue weighted by Gasteiger charge is 2.45. The highest BCUT2D eigenvalue weighted by Crippen LogP contribution is 2.41. The van der Waals surface area contributed by atoms with E-state index in [1.165, 1.54) is 27.8 Å². The molecule has 1 aliphatic heterocycles. The molecule has 48 heavy (non-hydrogen) atoms. The van der Waals surface area contributed by atoms with Gasteiger partial charge in [-0.05, 0) is 51.0 Å². The Bertz CT molecular complexity index is 1560. The molecule has 0 aromatic carbocycles.